The van der Waals surface area contributed by atoms with Crippen molar-refractivity contribution in [1.82, 2.24) is 0 Å². The summed E-state index contributed by atoms with van der Waals surface area (Å²) in [6, 6.07) is 1.89. The molecule has 0 fully saturated rings. The summed E-state index contributed by atoms with van der Waals surface area (Å²) in [7, 11) is 1.65. The Bertz CT molecular complexity index is 257. The van der Waals surface area contributed by atoms with Gasteiger partial charge in [-0.15, -0.1) is 11.3 Å². The average molecular weight is 206 g/mol. The average Bonchev–Trinajstić information content (AvgIpc) is 2.51. The summed E-state index contributed by atoms with van der Waals surface area (Å²) in [5.41, 5.74) is 5.21. The molecule has 1 aromatic heterocycles. The van der Waals surface area contributed by atoms with Crippen molar-refractivity contribution in [2.24, 2.45) is 5.73 Å². The van der Waals surface area contributed by atoms with Gasteiger partial charge < -0.3 is 10.5 Å². The molecular formula is C8H12ClNOS. The van der Waals surface area contributed by atoms with E-state index in [2.05, 4.69) is 0 Å². The highest BCUT2D eigenvalue weighted by Crippen LogP contribution is 2.31. The van der Waals surface area contributed by atoms with Crippen LogP contribution in [0.25, 0.3) is 0 Å². The van der Waals surface area contributed by atoms with Crippen LogP contribution in [0.2, 0.25) is 5.02 Å². The summed E-state index contributed by atoms with van der Waals surface area (Å²) in [5, 5.41) is 2.62. The van der Waals surface area contributed by atoms with Crippen molar-refractivity contribution >= 4 is 22.9 Å². The molecule has 0 radical (unpaired) electrons. The second-order valence-electron chi connectivity index (χ2n) is 2.77. The Labute approximate surface area is 81.3 Å². The lowest BCUT2D eigenvalue weighted by Gasteiger charge is -2.24. The fourth-order valence-corrected chi connectivity index (χ4v) is 2.10. The van der Waals surface area contributed by atoms with Gasteiger partial charge in [-0.2, -0.15) is 0 Å². The maximum atomic E-state index is 5.79. The third-order valence-electron chi connectivity index (χ3n) is 1.93. The van der Waals surface area contributed by atoms with Crippen molar-refractivity contribution in [3.8, 4) is 0 Å². The summed E-state index contributed by atoms with van der Waals surface area (Å²) in [6.45, 7) is 2.41. The first-order chi connectivity index (χ1) is 5.62. The summed E-state index contributed by atoms with van der Waals surface area (Å²) < 4.78 is 5.31. The molecule has 0 saturated carbocycles. The predicted octanol–water partition coefficient (Wildman–Crippen LogP) is 2.22. The number of hydrogen-bond acceptors (Lipinski definition) is 3. The van der Waals surface area contributed by atoms with Crippen LogP contribution in [-0.4, -0.2) is 13.7 Å². The number of nitrogens with two attached hydrogens (primary N) is 1. The quantitative estimate of drug-likeness (QED) is 0.822. The van der Waals surface area contributed by atoms with E-state index in [1.807, 2.05) is 18.4 Å². The molecule has 12 heavy (non-hydrogen) atoms. The molecule has 68 valence electrons. The molecule has 0 aromatic carbocycles. The van der Waals surface area contributed by atoms with Crippen LogP contribution < -0.4 is 5.73 Å². The number of thiophene rings is 1. The largest absolute Gasteiger partial charge is 0.372 e. The topological polar surface area (TPSA) is 35.2 Å². The molecule has 0 aliphatic rings. The molecule has 0 spiro atoms. The van der Waals surface area contributed by atoms with Crippen molar-refractivity contribution in [2.75, 3.05) is 13.7 Å². The Kier molecular flexibility index (Phi) is 3.12. The molecular weight excluding hydrogens is 194 g/mol. The predicted molar refractivity (Wildman–Crippen MR) is 52.7 cm³/mol. The first-order valence-corrected chi connectivity index (χ1v) is 4.88. The maximum absolute atomic E-state index is 5.79. The van der Waals surface area contributed by atoms with Gasteiger partial charge in [0.05, 0.1) is 5.02 Å². The first-order valence-electron chi connectivity index (χ1n) is 3.62. The van der Waals surface area contributed by atoms with Crippen LogP contribution in [0.1, 0.15) is 11.8 Å². The number of halogens is 1. The molecule has 1 heterocycles. The highest BCUT2D eigenvalue weighted by Gasteiger charge is 2.25. The van der Waals surface area contributed by atoms with Crippen molar-refractivity contribution in [3.05, 3.63) is 21.3 Å². The molecule has 1 atom stereocenters. The van der Waals surface area contributed by atoms with Crippen LogP contribution in [0.5, 0.6) is 0 Å². The Hall–Kier alpha value is -0.0900. The van der Waals surface area contributed by atoms with E-state index in [4.69, 9.17) is 22.1 Å². The normalized spacial score (nSPS) is 16.0. The fraction of sp³-hybridized carbons (Fsp3) is 0.500. The van der Waals surface area contributed by atoms with Gasteiger partial charge in [0, 0.05) is 23.9 Å². The molecule has 0 amide bonds. The Morgan fingerprint density at radius 1 is 1.75 bits per heavy atom. The van der Waals surface area contributed by atoms with E-state index in [1.54, 1.807) is 18.4 Å². The highest BCUT2D eigenvalue weighted by molar-refractivity contribution is 7.10. The van der Waals surface area contributed by atoms with Gasteiger partial charge in [-0.3, -0.25) is 0 Å². The number of ether oxygens (including phenoxy) is 1. The zero-order valence-corrected chi connectivity index (χ0v) is 8.71. The van der Waals surface area contributed by atoms with E-state index in [0.29, 0.717) is 6.54 Å². The molecule has 2 nitrogen and oxygen atoms in total. The number of hydrogen-bond donors (Lipinski definition) is 1. The van der Waals surface area contributed by atoms with Crippen molar-refractivity contribution in [1.29, 1.82) is 0 Å². The van der Waals surface area contributed by atoms with E-state index in [-0.39, 0.29) is 0 Å². The second-order valence-corrected chi connectivity index (χ2v) is 4.12. The molecule has 1 aromatic rings. The number of rotatable bonds is 3. The third kappa shape index (κ3) is 1.80. The van der Waals surface area contributed by atoms with E-state index < -0.39 is 5.60 Å². The summed E-state index contributed by atoms with van der Waals surface area (Å²) in [6.07, 6.45) is 0. The lowest BCUT2D eigenvalue weighted by molar-refractivity contribution is 0.0132. The lowest BCUT2D eigenvalue weighted by atomic mass is 10.1. The van der Waals surface area contributed by atoms with Gasteiger partial charge in [0.1, 0.15) is 5.60 Å². The monoisotopic (exact) mass is 205 g/mol. The minimum absolute atomic E-state index is 0.391. The van der Waals surface area contributed by atoms with Crippen LogP contribution in [0.15, 0.2) is 11.4 Å². The van der Waals surface area contributed by atoms with Crippen LogP contribution >= 0.6 is 22.9 Å². The third-order valence-corrected chi connectivity index (χ3v) is 3.45. The van der Waals surface area contributed by atoms with E-state index in [0.717, 1.165) is 9.90 Å². The van der Waals surface area contributed by atoms with E-state index in [1.165, 1.54) is 0 Å². The van der Waals surface area contributed by atoms with Crippen molar-refractivity contribution < 1.29 is 4.74 Å². The lowest BCUT2D eigenvalue weighted by Crippen LogP contribution is -2.32. The highest BCUT2D eigenvalue weighted by atomic mass is 35.5. The van der Waals surface area contributed by atoms with Gasteiger partial charge in [0.25, 0.3) is 0 Å². The van der Waals surface area contributed by atoms with Gasteiger partial charge in [-0.05, 0) is 13.0 Å². The minimum atomic E-state index is -0.391. The summed E-state index contributed by atoms with van der Waals surface area (Å²) in [5.74, 6) is 0. The van der Waals surface area contributed by atoms with Crippen LogP contribution in [0.3, 0.4) is 0 Å². The van der Waals surface area contributed by atoms with Crippen LogP contribution in [0, 0.1) is 0 Å². The number of methoxy groups -OCH3 is 1. The molecule has 1 rings (SSSR count). The smallest absolute Gasteiger partial charge is 0.111 e. The van der Waals surface area contributed by atoms with Gasteiger partial charge in [0.15, 0.2) is 0 Å². The molecule has 0 bridgehead atoms. The zero-order valence-electron chi connectivity index (χ0n) is 7.13. The minimum Gasteiger partial charge on any atom is -0.372 e. The standard InChI is InChI=1S/C8H12ClNOS/c1-8(5-10,11-2)7-3-6(9)4-12-7/h3-4H,5,10H2,1-2H3. The SMILES string of the molecule is COC(C)(CN)c1cc(Cl)cs1. The molecule has 0 aliphatic heterocycles. The zero-order chi connectivity index (χ0) is 9.19. The summed E-state index contributed by atoms with van der Waals surface area (Å²) in [4.78, 5) is 1.07. The fourth-order valence-electron chi connectivity index (χ4n) is 0.875. The van der Waals surface area contributed by atoms with Gasteiger partial charge in [-0.25, -0.2) is 0 Å². The van der Waals surface area contributed by atoms with Crippen LogP contribution in [0.4, 0.5) is 0 Å². The van der Waals surface area contributed by atoms with E-state index in [9.17, 15) is 0 Å². The molecule has 4 heteroatoms. The molecule has 0 aliphatic carbocycles. The Morgan fingerprint density at radius 3 is 2.75 bits per heavy atom. The van der Waals surface area contributed by atoms with Gasteiger partial charge in [0.2, 0.25) is 0 Å². The maximum Gasteiger partial charge on any atom is 0.111 e. The summed E-state index contributed by atoms with van der Waals surface area (Å²) >= 11 is 7.36. The van der Waals surface area contributed by atoms with Crippen molar-refractivity contribution in [2.45, 2.75) is 12.5 Å². The first kappa shape index (κ1) is 9.99. The van der Waals surface area contributed by atoms with Gasteiger partial charge in [-0.1, -0.05) is 11.6 Å². The van der Waals surface area contributed by atoms with E-state index >= 15 is 0 Å². The molecule has 0 saturated heterocycles. The molecule has 2 N–H and O–H groups in total. The Balaban J connectivity index is 2.94. The second kappa shape index (κ2) is 3.75. The van der Waals surface area contributed by atoms with Gasteiger partial charge >= 0.3 is 0 Å². The van der Waals surface area contributed by atoms with Crippen LogP contribution in [-0.2, 0) is 10.3 Å². The molecule has 1 unspecified atom stereocenters. The Morgan fingerprint density at radius 2 is 2.42 bits per heavy atom. The van der Waals surface area contributed by atoms with Crippen molar-refractivity contribution in [3.63, 3.8) is 0 Å².